The molecule has 0 bridgehead atoms. The Hall–Kier alpha value is 1.05. The van der Waals surface area contributed by atoms with Crippen molar-refractivity contribution in [2.45, 2.75) is 0 Å². The van der Waals surface area contributed by atoms with E-state index in [1.165, 1.54) is 0 Å². The van der Waals surface area contributed by atoms with E-state index in [0.717, 1.165) is 0 Å². The fraction of sp³-hybridized carbons (Fsp3) is 0. The first kappa shape index (κ1) is 8.90. The molecule has 0 aromatic carbocycles. The van der Waals surface area contributed by atoms with Gasteiger partial charge in [0.2, 0.25) is 0 Å². The van der Waals surface area contributed by atoms with Crippen LogP contribution in [0.3, 0.4) is 0 Å². The van der Waals surface area contributed by atoms with Gasteiger partial charge in [-0.25, -0.2) is 0 Å². The van der Waals surface area contributed by atoms with Crippen molar-refractivity contribution in [1.82, 2.24) is 0 Å². The molecular formula is HAlNiOS. The van der Waals surface area contributed by atoms with Crippen molar-refractivity contribution in [3.63, 3.8) is 0 Å². The number of rotatable bonds is 0. The van der Waals surface area contributed by atoms with Gasteiger partial charge in [-0.15, -0.1) is 0 Å². The van der Waals surface area contributed by atoms with Crippen LogP contribution in [-0.4, -0.2) is 16.2 Å². The van der Waals surface area contributed by atoms with Gasteiger partial charge >= 0.3 is 44.5 Å². The summed E-state index contributed by atoms with van der Waals surface area (Å²) < 4.78 is 8.28. The third kappa shape index (κ3) is 11.7. The summed E-state index contributed by atoms with van der Waals surface area (Å²) in [6.45, 7) is 0. The van der Waals surface area contributed by atoms with E-state index in [4.69, 9.17) is 3.80 Å². The first-order valence-electron chi connectivity index (χ1n) is 0.418. The van der Waals surface area contributed by atoms with Gasteiger partial charge < -0.3 is 0 Å². The zero-order valence-corrected chi connectivity index (χ0v) is 5.06. The molecular weight excluding hydrogens is 134 g/mol. The predicted molar refractivity (Wildman–Crippen MR) is 15.4 cm³/mol. The predicted octanol–water partition coefficient (Wildman–Crippen LogP) is -0.122. The molecule has 0 aromatic heterocycles. The Bertz CT molecular complexity index is 10.0. The van der Waals surface area contributed by atoms with Crippen molar-refractivity contribution in [2.24, 2.45) is 0 Å². The Balaban J connectivity index is 0. The zero-order chi connectivity index (χ0) is 4.00. The molecule has 26 valence electrons. The molecule has 1 nitrogen and oxygen atoms in total. The third-order valence-electron chi connectivity index (χ3n) is 0. The summed E-state index contributed by atoms with van der Waals surface area (Å²) in [4.78, 5) is 0. The Morgan fingerprint density at radius 1 is 1.50 bits per heavy atom. The second-order valence-electron chi connectivity index (χ2n) is 0. The summed E-state index contributed by atoms with van der Waals surface area (Å²) in [6.07, 6.45) is 0. The van der Waals surface area contributed by atoms with Crippen LogP contribution in [0.15, 0.2) is 0 Å². The molecule has 0 heterocycles. The maximum absolute atomic E-state index is 8.28. The van der Waals surface area contributed by atoms with E-state index in [9.17, 15) is 0 Å². The second-order valence-corrected chi connectivity index (χ2v) is 0. The van der Waals surface area contributed by atoms with Gasteiger partial charge in [0, 0.05) is 0 Å². The Morgan fingerprint density at radius 2 is 1.50 bits per heavy atom. The summed E-state index contributed by atoms with van der Waals surface area (Å²) in [5.41, 5.74) is 0. The number of hydrogen-bond acceptors (Lipinski definition) is 2. The number of hydrogen-bond donors (Lipinski definition) is 0. The van der Waals surface area contributed by atoms with E-state index in [0.29, 0.717) is 16.2 Å². The van der Waals surface area contributed by atoms with Crippen molar-refractivity contribution in [1.29, 1.82) is 0 Å². The Kier molecular flexibility index (Phi) is 76.4. The average molecular weight is 135 g/mol. The van der Waals surface area contributed by atoms with Gasteiger partial charge in [-0.05, 0) is 0 Å². The molecule has 0 aliphatic heterocycles. The quantitative estimate of drug-likeness (QED) is 0.430. The molecule has 0 unspecified atom stereocenters. The second kappa shape index (κ2) is 34.3. The van der Waals surface area contributed by atoms with Crippen LogP contribution in [0.4, 0.5) is 0 Å². The molecule has 0 aliphatic carbocycles. The van der Waals surface area contributed by atoms with Crippen molar-refractivity contribution in [2.75, 3.05) is 0 Å². The Morgan fingerprint density at radius 3 is 1.50 bits per heavy atom. The van der Waals surface area contributed by atoms with Gasteiger partial charge in [-0.3, -0.25) is 0 Å². The topological polar surface area (TPSA) is 17.1 Å². The van der Waals surface area contributed by atoms with Crippen LogP contribution in [0.1, 0.15) is 0 Å². The summed E-state index contributed by atoms with van der Waals surface area (Å²) in [5.74, 6) is 0. The van der Waals surface area contributed by atoms with Crippen LogP contribution >= 0.6 is 10.7 Å². The van der Waals surface area contributed by atoms with Gasteiger partial charge in [-0.1, -0.05) is 0 Å². The van der Waals surface area contributed by atoms with Gasteiger partial charge in [0.15, 0.2) is 0 Å². The molecule has 4 heteroatoms. The molecule has 0 fully saturated rings. The molecule has 0 atom stereocenters. The van der Waals surface area contributed by atoms with E-state index < -0.39 is 0 Å². The van der Waals surface area contributed by atoms with Crippen molar-refractivity contribution in [3.05, 3.63) is 0 Å². The van der Waals surface area contributed by atoms with E-state index in [1.54, 1.807) is 0 Å². The van der Waals surface area contributed by atoms with Crippen LogP contribution in [0.2, 0.25) is 0 Å². The Labute approximate surface area is 44.7 Å². The molecule has 0 radical (unpaired) electrons. The van der Waals surface area contributed by atoms with Gasteiger partial charge in [0.05, 0.1) is 0 Å². The summed E-state index contributed by atoms with van der Waals surface area (Å²) in [5, 5.41) is 0. The van der Waals surface area contributed by atoms with Crippen LogP contribution < -0.4 is 0 Å². The normalized spacial score (nSPS) is 2.25. The van der Waals surface area contributed by atoms with E-state index in [-0.39, 0.29) is 0 Å². The summed E-state index contributed by atoms with van der Waals surface area (Å²) in [7, 11) is 3.71. The minimum atomic E-state index is 0.611. The summed E-state index contributed by atoms with van der Waals surface area (Å²) >= 11 is 4.07. The standard InChI is InChI=1S/Al.Ni.O.S.H. The van der Waals surface area contributed by atoms with Gasteiger partial charge in [0.1, 0.15) is 0 Å². The van der Waals surface area contributed by atoms with E-state index >= 15 is 0 Å². The zero-order valence-electron chi connectivity index (χ0n) is 1.84. The molecule has 0 saturated heterocycles. The van der Waals surface area contributed by atoms with Crippen LogP contribution in [-0.2, 0) is 17.7 Å². The third-order valence-corrected chi connectivity index (χ3v) is 0. The molecule has 0 amide bonds. The average Bonchev–Trinajstić information content (AvgIpc) is 1.50. The molecule has 0 aromatic rings. The molecule has 0 saturated carbocycles. The van der Waals surface area contributed by atoms with Crippen molar-refractivity contribution >= 4 is 26.9 Å². The maximum atomic E-state index is 8.28. The van der Waals surface area contributed by atoms with E-state index in [2.05, 4.69) is 24.5 Å². The molecule has 0 aliphatic rings. The van der Waals surface area contributed by atoms with Crippen LogP contribution in [0.25, 0.3) is 0 Å². The van der Waals surface area contributed by atoms with E-state index in [1.807, 2.05) is 0 Å². The van der Waals surface area contributed by atoms with Crippen molar-refractivity contribution in [3.8, 4) is 0 Å². The molecule has 0 rings (SSSR count). The molecule has 4 heavy (non-hydrogen) atoms. The first-order valence-corrected chi connectivity index (χ1v) is 2.46. The fourth-order valence-electron chi connectivity index (χ4n) is 0. The molecule has 0 spiro atoms. The first-order chi connectivity index (χ1) is 2.00. The van der Waals surface area contributed by atoms with Crippen molar-refractivity contribution < 1.29 is 17.7 Å². The van der Waals surface area contributed by atoms with Gasteiger partial charge in [-0.2, -0.15) is 0 Å². The van der Waals surface area contributed by atoms with Gasteiger partial charge in [0.25, 0.3) is 0 Å². The molecule has 0 N–H and O–H groups in total. The van der Waals surface area contributed by atoms with Crippen LogP contribution in [0, 0.1) is 0 Å². The van der Waals surface area contributed by atoms with Crippen LogP contribution in [0.5, 0.6) is 0 Å². The SMILES string of the molecule is [O]=[AlH].[S]=[Ni]. The summed E-state index contributed by atoms with van der Waals surface area (Å²) in [6, 6.07) is 0. The monoisotopic (exact) mass is 134 g/mol. The minimum absolute atomic E-state index is 0.611. The fourth-order valence-corrected chi connectivity index (χ4v) is 0.